The van der Waals surface area contributed by atoms with Crippen LogP contribution in [0.1, 0.15) is 17.5 Å². The third-order valence-corrected chi connectivity index (χ3v) is 6.95. The molecule has 1 aliphatic rings. The fourth-order valence-corrected chi connectivity index (χ4v) is 4.98. The highest BCUT2D eigenvalue weighted by Crippen LogP contribution is 2.21. The van der Waals surface area contributed by atoms with E-state index in [2.05, 4.69) is 4.90 Å². The first-order chi connectivity index (χ1) is 12.5. The zero-order valence-corrected chi connectivity index (χ0v) is 15.9. The molecule has 3 rings (SSSR count). The average molecular weight is 376 g/mol. The highest BCUT2D eigenvalue weighted by molar-refractivity contribution is 7.89. The Morgan fingerprint density at radius 1 is 0.962 bits per heavy atom. The number of piperazine rings is 1. The molecule has 6 heteroatoms. The van der Waals surface area contributed by atoms with E-state index in [9.17, 15) is 12.8 Å². The van der Waals surface area contributed by atoms with Gasteiger partial charge in [-0.15, -0.1) is 0 Å². The van der Waals surface area contributed by atoms with E-state index in [1.807, 2.05) is 31.2 Å². The molecule has 2 aromatic rings. The van der Waals surface area contributed by atoms with Gasteiger partial charge in [0, 0.05) is 26.2 Å². The van der Waals surface area contributed by atoms with E-state index >= 15 is 0 Å². The SMILES string of the molecule is Cc1ccccc1S(=O)(=O)N1CCN(CCCc2ccc(F)cc2)CC1. The molecule has 0 spiro atoms. The molecule has 26 heavy (non-hydrogen) atoms. The van der Waals surface area contributed by atoms with Gasteiger partial charge in [-0.1, -0.05) is 30.3 Å². The minimum absolute atomic E-state index is 0.209. The predicted octanol–water partition coefficient (Wildman–Crippen LogP) is 3.07. The van der Waals surface area contributed by atoms with Crippen molar-refractivity contribution in [2.45, 2.75) is 24.7 Å². The van der Waals surface area contributed by atoms with E-state index in [1.54, 1.807) is 16.4 Å². The van der Waals surface area contributed by atoms with Crippen LogP contribution in [0.2, 0.25) is 0 Å². The number of benzene rings is 2. The number of hydrogen-bond donors (Lipinski definition) is 0. The molecule has 0 aromatic heterocycles. The van der Waals surface area contributed by atoms with Crippen LogP contribution in [-0.2, 0) is 16.4 Å². The summed E-state index contributed by atoms with van der Waals surface area (Å²) in [5.74, 6) is -0.209. The van der Waals surface area contributed by atoms with Gasteiger partial charge >= 0.3 is 0 Å². The molecule has 0 atom stereocenters. The Balaban J connectivity index is 1.49. The van der Waals surface area contributed by atoms with Gasteiger partial charge in [0.15, 0.2) is 0 Å². The van der Waals surface area contributed by atoms with Crippen molar-refractivity contribution in [3.05, 3.63) is 65.5 Å². The number of sulfonamides is 1. The zero-order chi connectivity index (χ0) is 18.6. The van der Waals surface area contributed by atoms with E-state index in [0.29, 0.717) is 18.0 Å². The van der Waals surface area contributed by atoms with Gasteiger partial charge in [0.1, 0.15) is 5.82 Å². The molecule has 0 unspecified atom stereocenters. The predicted molar refractivity (Wildman–Crippen MR) is 101 cm³/mol. The molecular weight excluding hydrogens is 351 g/mol. The van der Waals surface area contributed by atoms with Crippen LogP contribution in [0.15, 0.2) is 53.4 Å². The van der Waals surface area contributed by atoms with Crippen LogP contribution in [0.4, 0.5) is 4.39 Å². The largest absolute Gasteiger partial charge is 0.301 e. The second-order valence-corrected chi connectivity index (χ2v) is 8.65. The van der Waals surface area contributed by atoms with Gasteiger partial charge in [0.2, 0.25) is 10.0 Å². The first kappa shape index (κ1) is 19.0. The summed E-state index contributed by atoms with van der Waals surface area (Å²) >= 11 is 0. The smallest absolute Gasteiger partial charge is 0.243 e. The quantitative estimate of drug-likeness (QED) is 0.778. The summed E-state index contributed by atoms with van der Waals surface area (Å²) in [5.41, 5.74) is 1.92. The van der Waals surface area contributed by atoms with Crippen molar-refractivity contribution in [2.75, 3.05) is 32.7 Å². The first-order valence-corrected chi connectivity index (χ1v) is 10.4. The molecule has 0 amide bonds. The third kappa shape index (κ3) is 4.50. The van der Waals surface area contributed by atoms with Gasteiger partial charge in [0.05, 0.1) is 4.90 Å². The van der Waals surface area contributed by atoms with Gasteiger partial charge in [-0.25, -0.2) is 12.8 Å². The Morgan fingerprint density at radius 2 is 1.62 bits per heavy atom. The fourth-order valence-electron chi connectivity index (χ4n) is 3.34. The topological polar surface area (TPSA) is 40.6 Å². The van der Waals surface area contributed by atoms with Crippen LogP contribution < -0.4 is 0 Å². The standard InChI is InChI=1S/C20H25FN2O2S/c1-17-5-2-3-7-20(17)26(24,25)23-15-13-22(14-16-23)12-4-6-18-8-10-19(21)11-9-18/h2-3,5,7-11H,4,6,12-16H2,1H3. The monoisotopic (exact) mass is 376 g/mol. The Hall–Kier alpha value is -1.76. The molecule has 2 aromatic carbocycles. The van der Waals surface area contributed by atoms with Gasteiger partial charge in [-0.05, 0) is 55.6 Å². The van der Waals surface area contributed by atoms with E-state index in [4.69, 9.17) is 0 Å². The maximum absolute atomic E-state index is 12.9. The van der Waals surface area contributed by atoms with Gasteiger partial charge in [-0.3, -0.25) is 0 Å². The fraction of sp³-hybridized carbons (Fsp3) is 0.400. The molecule has 1 heterocycles. The van der Waals surface area contributed by atoms with Gasteiger partial charge in [-0.2, -0.15) is 4.31 Å². The summed E-state index contributed by atoms with van der Waals surface area (Å²) in [4.78, 5) is 2.71. The van der Waals surface area contributed by atoms with Crippen molar-refractivity contribution in [3.8, 4) is 0 Å². The first-order valence-electron chi connectivity index (χ1n) is 8.99. The Morgan fingerprint density at radius 3 is 2.27 bits per heavy atom. The molecule has 1 fully saturated rings. The van der Waals surface area contributed by atoms with E-state index in [-0.39, 0.29) is 5.82 Å². The minimum Gasteiger partial charge on any atom is -0.301 e. The summed E-state index contributed by atoms with van der Waals surface area (Å²) in [5, 5.41) is 0. The van der Waals surface area contributed by atoms with Crippen molar-refractivity contribution in [1.82, 2.24) is 9.21 Å². The normalized spacial score (nSPS) is 16.7. The van der Waals surface area contributed by atoms with E-state index < -0.39 is 10.0 Å². The zero-order valence-electron chi connectivity index (χ0n) is 15.1. The number of hydrogen-bond acceptors (Lipinski definition) is 3. The van der Waals surface area contributed by atoms with Crippen molar-refractivity contribution in [3.63, 3.8) is 0 Å². The van der Waals surface area contributed by atoms with Crippen LogP contribution >= 0.6 is 0 Å². The number of rotatable bonds is 6. The van der Waals surface area contributed by atoms with Gasteiger partial charge in [0.25, 0.3) is 0 Å². The Bertz CT molecular complexity index is 829. The molecule has 140 valence electrons. The second-order valence-electron chi connectivity index (χ2n) is 6.74. The summed E-state index contributed by atoms with van der Waals surface area (Å²) in [6, 6.07) is 13.8. The summed E-state index contributed by atoms with van der Waals surface area (Å²) in [7, 11) is -3.41. The molecule has 0 bridgehead atoms. The third-order valence-electron chi connectivity index (χ3n) is 4.90. The lowest BCUT2D eigenvalue weighted by molar-refractivity contribution is 0.187. The summed E-state index contributed by atoms with van der Waals surface area (Å²) in [6.07, 6.45) is 1.89. The number of nitrogens with zero attached hydrogens (tertiary/aromatic N) is 2. The van der Waals surface area contributed by atoms with E-state index in [1.165, 1.54) is 12.1 Å². The molecule has 1 saturated heterocycles. The molecule has 4 nitrogen and oxygen atoms in total. The summed E-state index contributed by atoms with van der Waals surface area (Å²) in [6.45, 7) is 5.29. The van der Waals surface area contributed by atoms with Crippen molar-refractivity contribution >= 4 is 10.0 Å². The lowest BCUT2D eigenvalue weighted by Crippen LogP contribution is -2.48. The maximum Gasteiger partial charge on any atom is 0.243 e. The van der Waals surface area contributed by atoms with Gasteiger partial charge < -0.3 is 4.90 Å². The Kier molecular flexibility index (Phi) is 6.06. The van der Waals surface area contributed by atoms with Crippen LogP contribution in [0.3, 0.4) is 0 Å². The molecule has 0 saturated carbocycles. The minimum atomic E-state index is -3.41. The number of halogens is 1. The molecule has 0 radical (unpaired) electrons. The molecule has 0 aliphatic carbocycles. The van der Waals surface area contributed by atoms with Crippen LogP contribution in [-0.4, -0.2) is 50.3 Å². The Labute approximate surface area is 155 Å². The molecular formula is C20H25FN2O2S. The van der Waals surface area contributed by atoms with Crippen molar-refractivity contribution in [1.29, 1.82) is 0 Å². The molecule has 0 N–H and O–H groups in total. The molecule has 1 aliphatic heterocycles. The van der Waals surface area contributed by atoms with Crippen LogP contribution in [0, 0.1) is 12.7 Å². The van der Waals surface area contributed by atoms with Crippen LogP contribution in [0.5, 0.6) is 0 Å². The van der Waals surface area contributed by atoms with Crippen molar-refractivity contribution < 1.29 is 12.8 Å². The lowest BCUT2D eigenvalue weighted by Gasteiger charge is -2.34. The lowest BCUT2D eigenvalue weighted by atomic mass is 10.1. The average Bonchev–Trinajstić information content (AvgIpc) is 2.64. The van der Waals surface area contributed by atoms with Crippen molar-refractivity contribution in [2.24, 2.45) is 0 Å². The second kappa shape index (κ2) is 8.29. The number of aryl methyl sites for hydroxylation is 2. The summed E-state index contributed by atoms with van der Waals surface area (Å²) < 4.78 is 40.1. The highest BCUT2D eigenvalue weighted by atomic mass is 32.2. The highest BCUT2D eigenvalue weighted by Gasteiger charge is 2.29. The maximum atomic E-state index is 12.9. The van der Waals surface area contributed by atoms with Crippen LogP contribution in [0.25, 0.3) is 0 Å². The van der Waals surface area contributed by atoms with E-state index in [0.717, 1.165) is 43.6 Å².